The van der Waals surface area contributed by atoms with Crippen LogP contribution in [-0.2, 0) is 10.8 Å². The van der Waals surface area contributed by atoms with Gasteiger partial charge in [-0.1, -0.05) is 138 Å². The average molecular weight is 1130 g/mol. The molecule has 0 saturated heterocycles. The fourth-order valence-electron chi connectivity index (χ4n) is 10.1. The summed E-state index contributed by atoms with van der Waals surface area (Å²) in [6, 6.07) is 56.8. The Bertz CT molecular complexity index is 4130. The molecule has 0 spiro atoms. The van der Waals surface area contributed by atoms with Crippen molar-refractivity contribution in [3.8, 4) is 45.3 Å². The van der Waals surface area contributed by atoms with Gasteiger partial charge in [-0.3, -0.25) is 9.97 Å². The molecule has 12 rings (SSSR count). The number of ether oxygens (including phenoxy) is 1. The van der Waals surface area contributed by atoms with Crippen molar-refractivity contribution in [3.05, 3.63) is 242 Å². The first-order valence-corrected chi connectivity index (χ1v) is 28.3. The van der Waals surface area contributed by atoms with Crippen LogP contribution in [0.2, 0.25) is 0 Å². The van der Waals surface area contributed by atoms with E-state index in [-0.39, 0.29) is 11.6 Å². The van der Waals surface area contributed by atoms with E-state index in [0.717, 1.165) is 60.6 Å². The van der Waals surface area contributed by atoms with Gasteiger partial charge in [0.15, 0.2) is 11.6 Å². The van der Waals surface area contributed by atoms with Crippen molar-refractivity contribution in [2.45, 2.75) is 66.2 Å². The first-order valence-electron chi connectivity index (χ1n) is 28.3. The smallest absolute Gasteiger partial charge is 0.347 e. The van der Waals surface area contributed by atoms with Gasteiger partial charge in [-0.2, -0.15) is 20.2 Å². The summed E-state index contributed by atoms with van der Waals surface area (Å²) >= 11 is 0. The van der Waals surface area contributed by atoms with Crippen LogP contribution in [0.25, 0.3) is 55.2 Å². The van der Waals surface area contributed by atoms with Crippen molar-refractivity contribution in [2.75, 3.05) is 26.0 Å². The largest absolute Gasteiger partial charge is 0.437 e. The average Bonchev–Trinajstić information content (AvgIpc) is 2.04. The summed E-state index contributed by atoms with van der Waals surface area (Å²) in [5.74, 6) is 2.20. The third-order valence-corrected chi connectivity index (χ3v) is 14.7. The number of anilines is 6. The van der Waals surface area contributed by atoms with Crippen LogP contribution in [0.15, 0.2) is 219 Å². The van der Waals surface area contributed by atoms with Crippen LogP contribution in [0.1, 0.15) is 64.1 Å². The minimum Gasteiger partial charge on any atom is -0.437 e. The molecule has 16 heteroatoms. The highest BCUT2D eigenvalue weighted by atomic mass is 16.5. The Hall–Kier alpha value is -11.0. The number of rotatable bonds is 12. The molecule has 16 nitrogen and oxygen atoms in total. The Morgan fingerprint density at radius 1 is 0.477 bits per heavy atom. The molecule has 0 fully saturated rings. The summed E-state index contributed by atoms with van der Waals surface area (Å²) in [4.78, 5) is 50.7. The quantitative estimate of drug-likeness (QED) is 0.0999. The van der Waals surface area contributed by atoms with Crippen molar-refractivity contribution in [2.24, 2.45) is 0 Å². The van der Waals surface area contributed by atoms with E-state index in [1.165, 1.54) is 10.0 Å². The maximum atomic E-state index is 16.5. The van der Waals surface area contributed by atoms with E-state index in [9.17, 15) is 0 Å². The van der Waals surface area contributed by atoms with Gasteiger partial charge >= 0.3 is 12.1 Å². The Morgan fingerprint density at radius 3 is 1.38 bits per heavy atom. The fraction of sp³-hybridized carbons (Fsp3) is 0.143. The number of hydrogen-bond donors (Lipinski definition) is 3. The lowest BCUT2D eigenvalue weighted by atomic mass is 9.92. The first-order chi connectivity index (χ1) is 41.5. The van der Waals surface area contributed by atoms with Gasteiger partial charge < -0.3 is 20.7 Å². The van der Waals surface area contributed by atoms with Gasteiger partial charge in [-0.25, -0.2) is 28.9 Å². The maximum absolute atomic E-state index is 16.5. The SMILES string of the molecule is Cc1ccc(-n2nc(C(C)(C)C)cc2N(C(=O)Nc2ccc(-c3ccc(Nc4cccnc4)nc3)c3ccccc23)N(C(=O)Nc2ccc(-c3ccc(Oc4cccnc4)nc3)c3ccccc23)c2cc(C(C)(C)C)nn2-c2ccc(C)cc2)cc1. The molecule has 0 atom stereocenters. The topological polar surface area (TPSA) is 173 Å². The number of urea groups is 2. The van der Waals surface area contributed by atoms with Crippen LogP contribution in [0, 0.1) is 13.8 Å². The van der Waals surface area contributed by atoms with Crippen LogP contribution in [0.5, 0.6) is 11.6 Å². The zero-order valence-electron chi connectivity index (χ0n) is 49.0. The highest BCUT2D eigenvalue weighted by Crippen LogP contribution is 2.40. The Morgan fingerprint density at radius 2 is 0.953 bits per heavy atom. The molecule has 0 bridgehead atoms. The monoisotopic (exact) mass is 1130 g/mol. The molecular weight excluding hydrogens is 1070 g/mol. The molecule has 0 radical (unpaired) electrons. The molecule has 6 aromatic carbocycles. The number of hydrogen-bond acceptors (Lipinski definition) is 10. The number of aryl methyl sites for hydroxylation is 2. The molecule has 0 unspecified atom stereocenters. The van der Waals surface area contributed by atoms with E-state index in [1.807, 2.05) is 196 Å². The molecule has 12 aromatic rings. The standard InChI is InChI=1S/C70H63N13O3/c1-45-21-27-50(28-22-45)80-65(39-61(78-80)69(3,4)5)82(67(84)76-59-33-31-53(55-17-9-11-19-57(55)59)47-25-35-63(73-41-47)75-49-15-13-37-71-43-49)83(66-40-62(70(6,7)8)79-81(66)51-29-23-46(2)24-30-51)68(85)77-60-34-32-54(56-18-10-12-20-58(56)60)48-26-36-64(74-42-48)86-52-16-14-38-72-44-52/h9-44H,1-8H3,(H,73,75)(H,76,84)(H,77,85). The number of hydrazine groups is 1. The predicted molar refractivity (Wildman–Crippen MR) is 343 cm³/mol. The lowest BCUT2D eigenvalue weighted by Crippen LogP contribution is -2.55. The maximum Gasteiger partial charge on any atom is 0.347 e. The first kappa shape index (κ1) is 55.5. The minimum absolute atomic E-state index is 0.273. The number of amides is 4. The van der Waals surface area contributed by atoms with Gasteiger partial charge in [0.2, 0.25) is 5.88 Å². The molecule has 6 heterocycles. The van der Waals surface area contributed by atoms with Crippen molar-refractivity contribution in [1.82, 2.24) is 39.5 Å². The molecule has 0 aliphatic rings. The highest BCUT2D eigenvalue weighted by molar-refractivity contribution is 6.17. The third-order valence-electron chi connectivity index (χ3n) is 14.7. The van der Waals surface area contributed by atoms with Crippen molar-refractivity contribution >= 4 is 68.1 Å². The molecule has 4 amide bonds. The molecule has 6 aromatic heterocycles. The Balaban J connectivity index is 1.02. The van der Waals surface area contributed by atoms with Gasteiger partial charge in [0, 0.05) is 75.7 Å². The second-order valence-corrected chi connectivity index (χ2v) is 23.1. The van der Waals surface area contributed by atoms with E-state index in [1.54, 1.807) is 46.4 Å². The van der Waals surface area contributed by atoms with Crippen LogP contribution in [-0.4, -0.2) is 51.6 Å². The van der Waals surface area contributed by atoms with E-state index in [2.05, 4.69) is 72.4 Å². The van der Waals surface area contributed by atoms with Crippen molar-refractivity contribution in [3.63, 3.8) is 0 Å². The zero-order chi connectivity index (χ0) is 59.7. The molecular formula is C70H63N13O3. The number of carbonyl (C=O) groups is 2. The van der Waals surface area contributed by atoms with E-state index in [4.69, 9.17) is 19.9 Å². The van der Waals surface area contributed by atoms with Gasteiger partial charge in [0.1, 0.15) is 11.6 Å². The Kier molecular flexibility index (Phi) is 14.8. The van der Waals surface area contributed by atoms with Crippen LogP contribution >= 0.6 is 0 Å². The molecule has 0 aliphatic carbocycles. The molecule has 426 valence electrons. The summed E-state index contributed by atoms with van der Waals surface area (Å²) in [6.45, 7) is 16.4. The molecule has 86 heavy (non-hydrogen) atoms. The number of aromatic nitrogens is 8. The summed E-state index contributed by atoms with van der Waals surface area (Å²) in [6.07, 6.45) is 10.4. The third kappa shape index (κ3) is 11.6. The highest BCUT2D eigenvalue weighted by Gasteiger charge is 2.38. The summed E-state index contributed by atoms with van der Waals surface area (Å²) in [7, 11) is 0. The summed E-state index contributed by atoms with van der Waals surface area (Å²) in [5.41, 5.74) is 9.02. The molecule has 3 N–H and O–H groups in total. The number of carbonyl (C=O) groups excluding carboxylic acids is 2. The van der Waals surface area contributed by atoms with Gasteiger partial charge in [0.25, 0.3) is 0 Å². The van der Waals surface area contributed by atoms with Crippen LogP contribution in [0.3, 0.4) is 0 Å². The summed E-state index contributed by atoms with van der Waals surface area (Å²) < 4.78 is 9.43. The van der Waals surface area contributed by atoms with Crippen LogP contribution in [0.4, 0.5) is 44.1 Å². The lowest BCUT2D eigenvalue weighted by molar-refractivity contribution is 0.248. The van der Waals surface area contributed by atoms with Crippen molar-refractivity contribution < 1.29 is 14.3 Å². The van der Waals surface area contributed by atoms with Crippen molar-refractivity contribution in [1.29, 1.82) is 0 Å². The van der Waals surface area contributed by atoms with E-state index in [0.29, 0.717) is 51.6 Å². The lowest BCUT2D eigenvalue weighted by Gasteiger charge is -2.34. The van der Waals surface area contributed by atoms with Gasteiger partial charge in [-0.15, -0.1) is 0 Å². The molecule has 0 aliphatic heterocycles. The number of fused-ring (bicyclic) bond motifs is 2. The number of pyridine rings is 4. The zero-order valence-corrected chi connectivity index (χ0v) is 49.0. The predicted octanol–water partition coefficient (Wildman–Crippen LogP) is 16.7. The molecule has 0 saturated carbocycles. The number of nitrogens with one attached hydrogen (secondary N) is 3. The number of benzene rings is 6. The van der Waals surface area contributed by atoms with Gasteiger partial charge in [-0.05, 0) is 115 Å². The van der Waals surface area contributed by atoms with Gasteiger partial charge in [0.05, 0.1) is 52.2 Å². The number of nitrogens with zero attached hydrogens (tertiary/aromatic N) is 10. The Labute approximate surface area is 498 Å². The second kappa shape index (κ2) is 23.0. The normalized spacial score (nSPS) is 11.6. The second-order valence-electron chi connectivity index (χ2n) is 23.1. The van der Waals surface area contributed by atoms with E-state index < -0.39 is 22.9 Å². The fourth-order valence-corrected chi connectivity index (χ4v) is 10.1. The minimum atomic E-state index is -0.673. The van der Waals surface area contributed by atoms with Crippen LogP contribution < -0.4 is 30.7 Å². The summed E-state index contributed by atoms with van der Waals surface area (Å²) in [5, 5.41) is 26.5. The van der Waals surface area contributed by atoms with E-state index >= 15 is 9.59 Å².